The number of carbonyl (C=O) groups excluding carboxylic acids is 3. The molecule has 0 aromatic heterocycles. The van der Waals surface area contributed by atoms with Crippen LogP contribution in [0.5, 0.6) is 0 Å². The molecule has 0 bridgehead atoms. The summed E-state index contributed by atoms with van der Waals surface area (Å²) in [6.07, 6.45) is 0.661. The zero-order chi connectivity index (χ0) is 22.6. The number of carboxylic acids is 2. The van der Waals surface area contributed by atoms with Gasteiger partial charge < -0.3 is 37.6 Å². The summed E-state index contributed by atoms with van der Waals surface area (Å²) in [5.74, 6) is -4.53. The van der Waals surface area contributed by atoms with Gasteiger partial charge in [-0.2, -0.15) is 0 Å². The number of carbonyl (C=O) groups is 5. The number of hydrogen-bond acceptors (Lipinski definition) is 7. The largest absolute Gasteiger partial charge is 0.481 e. The van der Waals surface area contributed by atoms with E-state index in [9.17, 15) is 24.0 Å². The van der Waals surface area contributed by atoms with E-state index in [0.717, 1.165) is 0 Å². The lowest BCUT2D eigenvalue weighted by Crippen LogP contribution is -2.56. The van der Waals surface area contributed by atoms with E-state index in [1.165, 1.54) is 13.8 Å². The molecule has 166 valence electrons. The van der Waals surface area contributed by atoms with Gasteiger partial charge in [-0.1, -0.05) is 0 Å². The molecule has 4 atom stereocenters. The highest BCUT2D eigenvalue weighted by molar-refractivity contribution is 5.94. The number of hydrogen-bond donors (Lipinski definition) is 7. The van der Waals surface area contributed by atoms with Gasteiger partial charge in [-0.15, -0.1) is 0 Å². The number of unbranched alkanes of at least 4 members (excludes halogenated alkanes) is 1. The van der Waals surface area contributed by atoms with Crippen LogP contribution in [0.2, 0.25) is 0 Å². The summed E-state index contributed by atoms with van der Waals surface area (Å²) in [5, 5.41) is 24.9. The number of carboxylic acid groups (broad SMARTS) is 2. The van der Waals surface area contributed by atoms with Gasteiger partial charge in [0.05, 0.1) is 6.04 Å². The average molecular weight is 417 g/mol. The van der Waals surface area contributed by atoms with Crippen LogP contribution in [0.25, 0.3) is 0 Å². The number of nitrogens with two attached hydrogens (primary N) is 2. The van der Waals surface area contributed by atoms with Gasteiger partial charge in [-0.25, -0.2) is 0 Å². The number of rotatable bonds is 14. The third kappa shape index (κ3) is 11.0. The van der Waals surface area contributed by atoms with Crippen LogP contribution in [-0.4, -0.2) is 70.6 Å². The van der Waals surface area contributed by atoms with Gasteiger partial charge in [0.1, 0.15) is 18.1 Å². The van der Waals surface area contributed by atoms with E-state index in [1.807, 2.05) is 0 Å². The van der Waals surface area contributed by atoms with E-state index in [-0.39, 0.29) is 12.8 Å². The van der Waals surface area contributed by atoms with Gasteiger partial charge >= 0.3 is 11.9 Å². The summed E-state index contributed by atoms with van der Waals surface area (Å²) in [4.78, 5) is 58.6. The quantitative estimate of drug-likeness (QED) is 0.154. The highest BCUT2D eigenvalue weighted by Gasteiger charge is 2.28. The van der Waals surface area contributed by atoms with Gasteiger partial charge in [0.25, 0.3) is 0 Å². The van der Waals surface area contributed by atoms with Crippen LogP contribution in [0.4, 0.5) is 0 Å². The first kappa shape index (κ1) is 26.3. The smallest absolute Gasteiger partial charge is 0.325 e. The first-order valence-electron chi connectivity index (χ1n) is 9.30. The van der Waals surface area contributed by atoms with E-state index in [1.54, 1.807) is 0 Å². The van der Waals surface area contributed by atoms with Crippen molar-refractivity contribution in [2.24, 2.45) is 11.5 Å². The molecule has 0 aromatic rings. The molecule has 0 unspecified atom stereocenters. The van der Waals surface area contributed by atoms with Crippen molar-refractivity contribution in [1.29, 1.82) is 0 Å². The molecule has 0 aliphatic heterocycles. The predicted octanol–water partition coefficient (Wildman–Crippen LogP) is -2.11. The molecular formula is C17H31N5O7. The van der Waals surface area contributed by atoms with E-state index in [2.05, 4.69) is 16.0 Å². The summed E-state index contributed by atoms with van der Waals surface area (Å²) in [5.41, 5.74) is 10.9. The van der Waals surface area contributed by atoms with Crippen LogP contribution < -0.4 is 27.4 Å². The fraction of sp³-hybridized carbons (Fsp3) is 0.706. The number of amides is 3. The Morgan fingerprint density at radius 1 is 0.828 bits per heavy atom. The van der Waals surface area contributed by atoms with Crippen molar-refractivity contribution >= 4 is 29.7 Å². The molecule has 0 fully saturated rings. The minimum atomic E-state index is -1.24. The fourth-order valence-electron chi connectivity index (χ4n) is 2.25. The highest BCUT2D eigenvalue weighted by atomic mass is 16.4. The first-order valence-corrected chi connectivity index (χ1v) is 9.30. The Bertz CT molecular complexity index is 597. The van der Waals surface area contributed by atoms with Crippen molar-refractivity contribution in [3.05, 3.63) is 0 Å². The molecule has 0 rings (SSSR count). The zero-order valence-electron chi connectivity index (χ0n) is 16.6. The van der Waals surface area contributed by atoms with Crippen LogP contribution in [0.3, 0.4) is 0 Å². The van der Waals surface area contributed by atoms with Gasteiger partial charge in [0.2, 0.25) is 17.7 Å². The summed E-state index contributed by atoms with van der Waals surface area (Å²) in [6, 6.07) is -4.38. The number of aliphatic carboxylic acids is 2. The topological polar surface area (TPSA) is 214 Å². The molecule has 0 aromatic carbocycles. The Morgan fingerprint density at radius 2 is 1.34 bits per heavy atom. The van der Waals surface area contributed by atoms with Crippen molar-refractivity contribution in [1.82, 2.24) is 16.0 Å². The molecule has 0 spiro atoms. The van der Waals surface area contributed by atoms with Crippen LogP contribution in [0, 0.1) is 0 Å². The average Bonchev–Trinajstić information content (AvgIpc) is 2.63. The third-order valence-electron chi connectivity index (χ3n) is 4.00. The van der Waals surface area contributed by atoms with Crippen molar-refractivity contribution in [2.75, 3.05) is 6.54 Å². The van der Waals surface area contributed by atoms with E-state index < -0.39 is 60.2 Å². The van der Waals surface area contributed by atoms with E-state index >= 15 is 0 Å². The zero-order valence-corrected chi connectivity index (χ0v) is 16.6. The molecule has 12 nitrogen and oxygen atoms in total. The standard InChI is InChI=1S/C17H31N5O7/c1-9(19)14(25)21-12(6-7-13(23)24)16(27)22-11(5-3-4-8-18)15(26)20-10(2)17(28)29/h9-12H,3-8,18-19H2,1-2H3,(H,20,26)(H,21,25)(H,22,27)(H,23,24)(H,28,29)/t9-,10+,11-,12-/m0/s1. The summed E-state index contributed by atoms with van der Waals surface area (Å²) in [7, 11) is 0. The second kappa shape index (κ2) is 13.4. The summed E-state index contributed by atoms with van der Waals surface area (Å²) < 4.78 is 0. The molecule has 29 heavy (non-hydrogen) atoms. The maximum atomic E-state index is 12.6. The van der Waals surface area contributed by atoms with Crippen molar-refractivity contribution in [3.63, 3.8) is 0 Å². The summed E-state index contributed by atoms with van der Waals surface area (Å²) in [6.45, 7) is 3.05. The van der Waals surface area contributed by atoms with Crippen molar-refractivity contribution < 1.29 is 34.2 Å². The Morgan fingerprint density at radius 3 is 1.83 bits per heavy atom. The molecule has 0 saturated heterocycles. The number of nitrogens with one attached hydrogen (secondary N) is 3. The van der Waals surface area contributed by atoms with Crippen LogP contribution in [-0.2, 0) is 24.0 Å². The lowest BCUT2D eigenvalue weighted by atomic mass is 10.1. The SMILES string of the molecule is C[C@H](N)C(=O)N[C@@H](CCC(=O)O)C(=O)N[C@@H](CCCCN)C(=O)N[C@H](C)C(=O)O. The van der Waals surface area contributed by atoms with Gasteiger partial charge in [-0.3, -0.25) is 24.0 Å². The van der Waals surface area contributed by atoms with Gasteiger partial charge in [0.15, 0.2) is 0 Å². The van der Waals surface area contributed by atoms with Gasteiger partial charge in [0, 0.05) is 6.42 Å². The van der Waals surface area contributed by atoms with Crippen LogP contribution >= 0.6 is 0 Å². The molecule has 0 aliphatic rings. The lowest BCUT2D eigenvalue weighted by molar-refractivity contribution is -0.141. The monoisotopic (exact) mass is 417 g/mol. The molecule has 3 amide bonds. The van der Waals surface area contributed by atoms with E-state index in [4.69, 9.17) is 21.7 Å². The molecule has 0 heterocycles. The lowest BCUT2D eigenvalue weighted by Gasteiger charge is -2.24. The first-order chi connectivity index (χ1) is 13.5. The molecule has 0 radical (unpaired) electrons. The fourth-order valence-corrected chi connectivity index (χ4v) is 2.25. The third-order valence-corrected chi connectivity index (χ3v) is 4.00. The minimum absolute atomic E-state index is 0.188. The predicted molar refractivity (Wildman–Crippen MR) is 103 cm³/mol. The van der Waals surface area contributed by atoms with Crippen molar-refractivity contribution in [3.8, 4) is 0 Å². The Balaban J connectivity index is 5.28. The summed E-state index contributed by atoms with van der Waals surface area (Å²) >= 11 is 0. The Labute approximate surface area is 168 Å². The van der Waals surface area contributed by atoms with Crippen LogP contribution in [0.1, 0.15) is 46.0 Å². The highest BCUT2D eigenvalue weighted by Crippen LogP contribution is 2.05. The normalized spacial score (nSPS) is 14.8. The molecular weight excluding hydrogens is 386 g/mol. The van der Waals surface area contributed by atoms with Crippen LogP contribution in [0.15, 0.2) is 0 Å². The minimum Gasteiger partial charge on any atom is -0.481 e. The van der Waals surface area contributed by atoms with Crippen molar-refractivity contribution in [2.45, 2.75) is 70.1 Å². The van der Waals surface area contributed by atoms with E-state index in [0.29, 0.717) is 19.4 Å². The maximum Gasteiger partial charge on any atom is 0.325 e. The second-order valence-corrected chi connectivity index (χ2v) is 6.70. The Kier molecular flexibility index (Phi) is 12.2. The second-order valence-electron chi connectivity index (χ2n) is 6.70. The maximum absolute atomic E-state index is 12.6. The van der Waals surface area contributed by atoms with Gasteiger partial charge in [-0.05, 0) is 46.1 Å². The Hall–Kier alpha value is -2.73. The molecule has 9 N–H and O–H groups in total. The molecule has 0 aliphatic carbocycles. The molecule has 12 heteroatoms. The molecule has 0 saturated carbocycles.